The van der Waals surface area contributed by atoms with Crippen LogP contribution in [-0.4, -0.2) is 20.2 Å². The molecular formula is C11H10FN5. The number of aromatic amines is 2. The van der Waals surface area contributed by atoms with Gasteiger partial charge >= 0.3 is 0 Å². The third-order valence-corrected chi connectivity index (χ3v) is 2.58. The zero-order valence-corrected chi connectivity index (χ0v) is 9.08. The lowest BCUT2D eigenvalue weighted by atomic mass is 10.2. The molecule has 0 radical (unpaired) electrons. The molecule has 2 aromatic heterocycles. The molecule has 0 aliphatic heterocycles. The Hall–Kier alpha value is -2.37. The molecule has 0 spiro atoms. The first kappa shape index (κ1) is 9.83. The molecular weight excluding hydrogens is 221 g/mol. The number of hydrogen-bond acceptors (Lipinski definition) is 3. The number of nitrogens with zero attached hydrogens (tertiary/aromatic N) is 2. The van der Waals surface area contributed by atoms with Gasteiger partial charge in [-0.25, -0.2) is 9.37 Å². The largest absolute Gasteiger partial charge is 0.396 e. The van der Waals surface area contributed by atoms with Gasteiger partial charge in [0.05, 0.1) is 11.4 Å². The minimum absolute atomic E-state index is 0.134. The number of nitrogen functional groups attached to an aromatic ring is 1. The van der Waals surface area contributed by atoms with E-state index in [0.29, 0.717) is 11.3 Å². The van der Waals surface area contributed by atoms with Crippen LogP contribution < -0.4 is 5.73 Å². The highest BCUT2D eigenvalue weighted by molar-refractivity contribution is 5.87. The fourth-order valence-electron chi connectivity index (χ4n) is 1.76. The molecule has 3 rings (SSSR count). The molecule has 0 bridgehead atoms. The maximum Gasteiger partial charge on any atom is 0.197 e. The number of aryl methyl sites for hydroxylation is 1. The van der Waals surface area contributed by atoms with E-state index in [4.69, 9.17) is 5.73 Å². The molecule has 6 heteroatoms. The lowest BCUT2D eigenvalue weighted by molar-refractivity contribution is 0.634. The average molecular weight is 231 g/mol. The SMILES string of the molecule is Cc1nc(-c2cc3cc(N)c(F)cc3[nH]2)n[nH]1. The van der Waals surface area contributed by atoms with Gasteiger partial charge in [0.15, 0.2) is 5.82 Å². The second-order valence-electron chi connectivity index (χ2n) is 3.89. The van der Waals surface area contributed by atoms with Crippen LogP contribution >= 0.6 is 0 Å². The Labute approximate surface area is 95.9 Å². The van der Waals surface area contributed by atoms with E-state index >= 15 is 0 Å². The molecule has 86 valence electrons. The van der Waals surface area contributed by atoms with Crippen molar-refractivity contribution in [1.29, 1.82) is 0 Å². The Morgan fingerprint density at radius 1 is 1.29 bits per heavy atom. The Morgan fingerprint density at radius 3 is 2.82 bits per heavy atom. The van der Waals surface area contributed by atoms with Crippen molar-refractivity contribution in [2.75, 3.05) is 5.73 Å². The smallest absolute Gasteiger partial charge is 0.197 e. The zero-order chi connectivity index (χ0) is 12.0. The van der Waals surface area contributed by atoms with Crippen LogP contribution in [0.25, 0.3) is 22.4 Å². The minimum atomic E-state index is -0.433. The quantitative estimate of drug-likeness (QED) is 0.560. The summed E-state index contributed by atoms with van der Waals surface area (Å²) in [5.74, 6) is 0.846. The van der Waals surface area contributed by atoms with E-state index in [1.54, 1.807) is 6.07 Å². The molecule has 4 N–H and O–H groups in total. The molecule has 0 saturated carbocycles. The summed E-state index contributed by atoms with van der Waals surface area (Å²) in [5, 5.41) is 7.62. The lowest BCUT2D eigenvalue weighted by Gasteiger charge is -1.95. The van der Waals surface area contributed by atoms with Crippen molar-refractivity contribution in [3.63, 3.8) is 0 Å². The van der Waals surface area contributed by atoms with Crippen LogP contribution in [0.4, 0.5) is 10.1 Å². The number of fused-ring (bicyclic) bond motifs is 1. The van der Waals surface area contributed by atoms with Crippen molar-refractivity contribution in [3.8, 4) is 11.5 Å². The molecule has 0 aliphatic rings. The van der Waals surface area contributed by atoms with Gasteiger partial charge in [0.1, 0.15) is 11.6 Å². The predicted molar refractivity (Wildman–Crippen MR) is 62.8 cm³/mol. The predicted octanol–water partition coefficient (Wildman–Crippen LogP) is 1.98. The Balaban J connectivity index is 2.19. The number of benzene rings is 1. The molecule has 3 aromatic rings. The van der Waals surface area contributed by atoms with Crippen LogP contribution in [-0.2, 0) is 0 Å². The van der Waals surface area contributed by atoms with Crippen molar-refractivity contribution in [2.45, 2.75) is 6.92 Å². The summed E-state index contributed by atoms with van der Waals surface area (Å²) in [7, 11) is 0. The molecule has 0 atom stereocenters. The molecule has 1 aromatic carbocycles. The molecule has 0 unspecified atom stereocenters. The first-order valence-corrected chi connectivity index (χ1v) is 5.10. The van der Waals surface area contributed by atoms with Crippen LogP contribution in [0.2, 0.25) is 0 Å². The standard InChI is InChI=1S/C11H10FN5/c1-5-14-11(17-16-5)10-3-6-2-8(13)7(12)4-9(6)15-10/h2-4,15H,13H2,1H3,(H,14,16,17). The zero-order valence-electron chi connectivity index (χ0n) is 9.08. The van der Waals surface area contributed by atoms with Gasteiger partial charge in [0.25, 0.3) is 0 Å². The van der Waals surface area contributed by atoms with Crippen molar-refractivity contribution in [1.82, 2.24) is 20.2 Å². The van der Waals surface area contributed by atoms with Crippen molar-refractivity contribution >= 4 is 16.6 Å². The Bertz CT molecular complexity index is 658. The summed E-state index contributed by atoms with van der Waals surface area (Å²) in [5.41, 5.74) is 7.05. The maximum atomic E-state index is 13.3. The van der Waals surface area contributed by atoms with Crippen LogP contribution in [0, 0.1) is 12.7 Å². The van der Waals surface area contributed by atoms with Gasteiger partial charge in [-0.2, -0.15) is 5.10 Å². The second-order valence-corrected chi connectivity index (χ2v) is 3.89. The Morgan fingerprint density at radius 2 is 2.12 bits per heavy atom. The summed E-state index contributed by atoms with van der Waals surface area (Å²) in [6.07, 6.45) is 0. The Kier molecular flexibility index (Phi) is 1.91. The number of nitrogens with two attached hydrogens (primary N) is 1. The number of hydrogen-bond donors (Lipinski definition) is 3. The second kappa shape index (κ2) is 3.31. The number of H-pyrrole nitrogens is 2. The number of rotatable bonds is 1. The summed E-state index contributed by atoms with van der Waals surface area (Å²) < 4.78 is 13.3. The van der Waals surface area contributed by atoms with Crippen LogP contribution in [0.15, 0.2) is 18.2 Å². The van der Waals surface area contributed by atoms with Crippen molar-refractivity contribution in [3.05, 3.63) is 29.8 Å². The topological polar surface area (TPSA) is 83.4 Å². The maximum absolute atomic E-state index is 13.3. The monoisotopic (exact) mass is 231 g/mol. The van der Waals surface area contributed by atoms with Crippen LogP contribution in [0.3, 0.4) is 0 Å². The highest BCUT2D eigenvalue weighted by atomic mass is 19.1. The van der Waals surface area contributed by atoms with Crippen molar-refractivity contribution < 1.29 is 4.39 Å². The van der Waals surface area contributed by atoms with Gasteiger partial charge in [0.2, 0.25) is 0 Å². The first-order valence-electron chi connectivity index (χ1n) is 5.10. The fourth-order valence-corrected chi connectivity index (χ4v) is 1.76. The van der Waals surface area contributed by atoms with E-state index in [-0.39, 0.29) is 5.69 Å². The molecule has 0 aliphatic carbocycles. The third-order valence-electron chi connectivity index (χ3n) is 2.58. The van der Waals surface area contributed by atoms with E-state index in [1.807, 2.05) is 13.0 Å². The minimum Gasteiger partial charge on any atom is -0.396 e. The van der Waals surface area contributed by atoms with Gasteiger partial charge in [-0.3, -0.25) is 5.10 Å². The molecule has 2 heterocycles. The van der Waals surface area contributed by atoms with E-state index in [0.717, 1.165) is 16.9 Å². The lowest BCUT2D eigenvalue weighted by Crippen LogP contribution is -1.88. The average Bonchev–Trinajstić information content (AvgIpc) is 2.85. The van der Waals surface area contributed by atoms with Gasteiger partial charge in [-0.1, -0.05) is 0 Å². The molecule has 0 fully saturated rings. The molecule has 17 heavy (non-hydrogen) atoms. The first-order chi connectivity index (χ1) is 8.13. The van der Waals surface area contributed by atoms with Crippen LogP contribution in [0.1, 0.15) is 5.82 Å². The van der Waals surface area contributed by atoms with E-state index in [2.05, 4.69) is 20.2 Å². The number of halogens is 1. The highest BCUT2D eigenvalue weighted by Crippen LogP contribution is 2.25. The number of nitrogens with one attached hydrogen (secondary N) is 2. The number of anilines is 1. The summed E-state index contributed by atoms with van der Waals surface area (Å²) >= 11 is 0. The van der Waals surface area contributed by atoms with Crippen molar-refractivity contribution in [2.24, 2.45) is 0 Å². The van der Waals surface area contributed by atoms with Gasteiger partial charge in [-0.05, 0) is 19.1 Å². The van der Waals surface area contributed by atoms with E-state index < -0.39 is 5.82 Å². The van der Waals surface area contributed by atoms with Crippen LogP contribution in [0.5, 0.6) is 0 Å². The fraction of sp³-hybridized carbons (Fsp3) is 0.0909. The summed E-state index contributed by atoms with van der Waals surface area (Å²) in [6.45, 7) is 1.82. The van der Waals surface area contributed by atoms with Gasteiger partial charge < -0.3 is 10.7 Å². The summed E-state index contributed by atoms with van der Waals surface area (Å²) in [4.78, 5) is 7.25. The van der Waals surface area contributed by atoms with E-state index in [1.165, 1.54) is 6.07 Å². The third kappa shape index (κ3) is 1.54. The molecule has 0 amide bonds. The van der Waals surface area contributed by atoms with Gasteiger partial charge in [0, 0.05) is 17.0 Å². The summed E-state index contributed by atoms with van der Waals surface area (Å²) in [6, 6.07) is 4.80. The molecule has 5 nitrogen and oxygen atoms in total. The van der Waals surface area contributed by atoms with Gasteiger partial charge in [-0.15, -0.1) is 0 Å². The highest BCUT2D eigenvalue weighted by Gasteiger charge is 2.09. The normalized spacial score (nSPS) is 11.2. The molecule has 0 saturated heterocycles. The number of aromatic nitrogens is 4. The van der Waals surface area contributed by atoms with E-state index in [9.17, 15) is 4.39 Å².